The van der Waals surface area contributed by atoms with Crippen LogP contribution in [-0.2, 0) is 9.53 Å². The number of aliphatic carboxylic acids is 1. The zero-order valence-electron chi connectivity index (χ0n) is 10.5. The number of aromatic nitrogens is 1. The minimum atomic E-state index is -1.12. The van der Waals surface area contributed by atoms with Crippen molar-refractivity contribution in [1.29, 1.82) is 0 Å². The van der Waals surface area contributed by atoms with E-state index in [-0.39, 0.29) is 5.76 Å². The number of aromatic amines is 1. The first kappa shape index (κ1) is 14.5. The lowest BCUT2D eigenvalue weighted by Crippen LogP contribution is -2.01. The van der Waals surface area contributed by atoms with Crippen LogP contribution in [0, 0.1) is 0 Å². The molecule has 0 aliphatic carbocycles. The van der Waals surface area contributed by atoms with Crippen LogP contribution < -0.4 is 0 Å². The first-order valence-corrected chi connectivity index (χ1v) is 6.41. The van der Waals surface area contributed by atoms with E-state index in [4.69, 9.17) is 33.0 Å². The Bertz CT molecular complexity index is 717. The molecule has 0 aliphatic heterocycles. The molecule has 0 atom stereocenters. The van der Waals surface area contributed by atoms with E-state index in [9.17, 15) is 4.79 Å². The van der Waals surface area contributed by atoms with Gasteiger partial charge in [0.1, 0.15) is 0 Å². The van der Waals surface area contributed by atoms with Crippen LogP contribution in [0.15, 0.2) is 36.1 Å². The Morgan fingerprint density at radius 3 is 2.80 bits per heavy atom. The molecule has 0 saturated heterocycles. The molecule has 1 aromatic heterocycles. The van der Waals surface area contributed by atoms with Gasteiger partial charge in [0.25, 0.3) is 0 Å². The molecule has 0 amide bonds. The van der Waals surface area contributed by atoms with Crippen molar-refractivity contribution >= 4 is 46.2 Å². The predicted octanol–water partition coefficient (Wildman–Crippen LogP) is 4.10. The minimum absolute atomic E-state index is 0.140. The van der Waals surface area contributed by atoms with Crippen LogP contribution in [0.2, 0.25) is 10.0 Å². The van der Waals surface area contributed by atoms with Gasteiger partial charge in [-0.2, -0.15) is 0 Å². The zero-order chi connectivity index (χ0) is 14.7. The summed E-state index contributed by atoms with van der Waals surface area (Å²) in [6, 6.07) is 5.37. The summed E-state index contributed by atoms with van der Waals surface area (Å²) in [5.41, 5.74) is 1.63. The molecule has 0 aliphatic rings. The number of fused-ring (bicyclic) bond motifs is 1. The predicted molar refractivity (Wildman–Crippen MR) is 80.1 cm³/mol. The summed E-state index contributed by atoms with van der Waals surface area (Å²) in [5.74, 6) is -1.26. The van der Waals surface area contributed by atoms with Crippen molar-refractivity contribution in [1.82, 2.24) is 4.98 Å². The molecule has 1 heterocycles. The molecule has 0 fully saturated rings. The van der Waals surface area contributed by atoms with Crippen LogP contribution in [0.1, 0.15) is 5.69 Å². The van der Waals surface area contributed by atoms with Crippen LogP contribution in [0.5, 0.6) is 0 Å². The van der Waals surface area contributed by atoms with Gasteiger partial charge in [0.05, 0.1) is 17.2 Å². The number of hydrogen-bond donors (Lipinski definition) is 2. The molecule has 0 radical (unpaired) electrons. The molecular formula is C14H11Cl2NO3. The monoisotopic (exact) mass is 311 g/mol. The fourth-order valence-corrected chi connectivity index (χ4v) is 2.10. The lowest BCUT2D eigenvalue weighted by Gasteiger charge is -1.96. The first-order chi connectivity index (χ1) is 9.52. The van der Waals surface area contributed by atoms with E-state index in [1.165, 1.54) is 13.2 Å². The number of nitrogens with one attached hydrogen (secondary N) is 1. The molecule has 0 bridgehead atoms. The highest BCUT2D eigenvalue weighted by atomic mass is 35.5. The summed E-state index contributed by atoms with van der Waals surface area (Å²) in [5, 5.41) is 10.6. The van der Waals surface area contributed by atoms with E-state index in [1.807, 2.05) is 12.1 Å². The van der Waals surface area contributed by atoms with E-state index in [2.05, 4.69) is 4.98 Å². The molecular weight excluding hydrogens is 301 g/mol. The van der Waals surface area contributed by atoms with Gasteiger partial charge in [-0.3, -0.25) is 0 Å². The Morgan fingerprint density at radius 2 is 2.15 bits per heavy atom. The van der Waals surface area contributed by atoms with Crippen molar-refractivity contribution in [2.24, 2.45) is 0 Å². The molecule has 0 unspecified atom stereocenters. The molecule has 20 heavy (non-hydrogen) atoms. The van der Waals surface area contributed by atoms with Gasteiger partial charge >= 0.3 is 5.97 Å². The highest BCUT2D eigenvalue weighted by molar-refractivity contribution is 6.45. The second-order valence-electron chi connectivity index (χ2n) is 3.95. The van der Waals surface area contributed by atoms with Crippen molar-refractivity contribution in [2.45, 2.75) is 0 Å². The fraction of sp³-hybridized carbons (Fsp3) is 0.0714. The van der Waals surface area contributed by atoms with Gasteiger partial charge in [-0.25, -0.2) is 4.79 Å². The lowest BCUT2D eigenvalue weighted by atomic mass is 10.2. The summed E-state index contributed by atoms with van der Waals surface area (Å²) >= 11 is 12.0. The van der Waals surface area contributed by atoms with Gasteiger partial charge in [-0.05, 0) is 30.4 Å². The number of ether oxygens (including phenoxy) is 1. The van der Waals surface area contributed by atoms with E-state index < -0.39 is 5.97 Å². The highest BCUT2D eigenvalue weighted by Gasteiger charge is 2.06. The SMILES string of the molecule is COC(=CC=Cc1cc2c(Cl)c(Cl)ccc2[nH]1)C(=O)O. The number of carboxylic acids is 1. The lowest BCUT2D eigenvalue weighted by molar-refractivity contribution is -0.136. The van der Waals surface area contributed by atoms with Gasteiger partial charge < -0.3 is 14.8 Å². The molecule has 0 spiro atoms. The number of benzene rings is 1. The third-order valence-corrected chi connectivity index (χ3v) is 3.48. The van der Waals surface area contributed by atoms with Crippen molar-refractivity contribution in [3.8, 4) is 0 Å². The molecule has 2 rings (SSSR count). The number of rotatable bonds is 4. The Labute approximate surface area is 125 Å². The first-order valence-electron chi connectivity index (χ1n) is 5.65. The van der Waals surface area contributed by atoms with Gasteiger partial charge in [0.15, 0.2) is 0 Å². The molecule has 2 N–H and O–H groups in total. The molecule has 0 saturated carbocycles. The van der Waals surface area contributed by atoms with Gasteiger partial charge in [-0.1, -0.05) is 29.3 Å². The number of carboxylic acid groups (broad SMARTS) is 1. The Morgan fingerprint density at radius 1 is 1.40 bits per heavy atom. The summed E-state index contributed by atoms with van der Waals surface area (Å²) in [6.07, 6.45) is 4.65. The van der Waals surface area contributed by atoms with Gasteiger partial charge in [0.2, 0.25) is 5.76 Å². The second kappa shape index (κ2) is 6.03. The number of halogens is 2. The summed E-state index contributed by atoms with van der Waals surface area (Å²) < 4.78 is 4.71. The summed E-state index contributed by atoms with van der Waals surface area (Å²) in [6.45, 7) is 0. The molecule has 6 heteroatoms. The van der Waals surface area contributed by atoms with Crippen LogP contribution in [0.3, 0.4) is 0 Å². The summed E-state index contributed by atoms with van der Waals surface area (Å²) in [4.78, 5) is 13.9. The number of hydrogen-bond acceptors (Lipinski definition) is 2. The minimum Gasteiger partial charge on any atom is -0.490 e. The third kappa shape index (κ3) is 2.98. The normalized spacial score (nSPS) is 12.2. The molecule has 2 aromatic rings. The maximum Gasteiger partial charge on any atom is 0.371 e. The number of carbonyl (C=O) groups is 1. The molecule has 104 valence electrons. The summed E-state index contributed by atoms with van der Waals surface area (Å²) in [7, 11) is 1.30. The molecule has 4 nitrogen and oxygen atoms in total. The molecule has 1 aromatic carbocycles. The van der Waals surface area contributed by atoms with Gasteiger partial charge in [0, 0.05) is 16.6 Å². The van der Waals surface area contributed by atoms with Crippen LogP contribution in [-0.4, -0.2) is 23.2 Å². The van der Waals surface area contributed by atoms with Crippen molar-refractivity contribution < 1.29 is 14.6 Å². The van der Waals surface area contributed by atoms with E-state index in [0.717, 1.165) is 16.6 Å². The Kier molecular flexibility index (Phi) is 4.37. The van der Waals surface area contributed by atoms with Crippen LogP contribution in [0.4, 0.5) is 0 Å². The van der Waals surface area contributed by atoms with Crippen molar-refractivity contribution in [3.05, 3.63) is 51.8 Å². The van der Waals surface area contributed by atoms with E-state index in [0.29, 0.717) is 10.0 Å². The topological polar surface area (TPSA) is 62.3 Å². The van der Waals surface area contributed by atoms with Crippen molar-refractivity contribution in [2.75, 3.05) is 7.11 Å². The number of H-pyrrole nitrogens is 1. The number of allylic oxidation sites excluding steroid dienone is 2. The van der Waals surface area contributed by atoms with E-state index >= 15 is 0 Å². The second-order valence-corrected chi connectivity index (χ2v) is 4.73. The van der Waals surface area contributed by atoms with E-state index in [1.54, 1.807) is 18.2 Å². The maximum atomic E-state index is 10.7. The zero-order valence-corrected chi connectivity index (χ0v) is 12.0. The standard InChI is InChI=1S/C14H11Cl2NO3/c1-20-12(14(18)19)4-2-3-8-7-9-11(17-8)6-5-10(15)13(9)16/h2-7,17H,1H3,(H,18,19). The van der Waals surface area contributed by atoms with Crippen molar-refractivity contribution in [3.63, 3.8) is 0 Å². The Hall–Kier alpha value is -1.91. The number of methoxy groups -OCH3 is 1. The maximum absolute atomic E-state index is 10.7. The fourth-order valence-electron chi connectivity index (χ4n) is 1.72. The smallest absolute Gasteiger partial charge is 0.371 e. The van der Waals surface area contributed by atoms with Crippen LogP contribution >= 0.6 is 23.2 Å². The average Bonchev–Trinajstić information content (AvgIpc) is 2.82. The largest absolute Gasteiger partial charge is 0.490 e. The Balaban J connectivity index is 2.31. The average molecular weight is 312 g/mol. The van der Waals surface area contributed by atoms with Crippen LogP contribution in [0.25, 0.3) is 17.0 Å². The van der Waals surface area contributed by atoms with Gasteiger partial charge in [-0.15, -0.1) is 0 Å². The quantitative estimate of drug-likeness (QED) is 0.507. The highest BCUT2D eigenvalue weighted by Crippen LogP contribution is 2.31. The third-order valence-electron chi connectivity index (χ3n) is 2.67.